The van der Waals surface area contributed by atoms with Gasteiger partial charge in [0, 0.05) is 37.9 Å². The van der Waals surface area contributed by atoms with E-state index in [1.165, 1.54) is 29.0 Å². The molecule has 5 rings (SSSR count). The van der Waals surface area contributed by atoms with Crippen LogP contribution in [-0.2, 0) is 17.8 Å². The summed E-state index contributed by atoms with van der Waals surface area (Å²) in [4.78, 5) is 29.9. The Hall–Kier alpha value is -3.72. The Morgan fingerprint density at radius 2 is 1.90 bits per heavy atom. The average Bonchev–Trinajstić information content (AvgIpc) is 3.54. The number of imidazole rings is 1. The highest BCUT2D eigenvalue weighted by atomic mass is 19.4. The number of nitrogens with zero attached hydrogens (tertiary/aromatic N) is 5. The number of piperidine rings is 1. The zero-order valence-corrected chi connectivity index (χ0v) is 22.1. The van der Waals surface area contributed by atoms with Gasteiger partial charge in [0.1, 0.15) is 12.2 Å². The molecule has 0 radical (unpaired) electrons. The zero-order valence-electron chi connectivity index (χ0n) is 22.1. The molecule has 2 aliphatic rings. The van der Waals surface area contributed by atoms with E-state index in [9.17, 15) is 40.3 Å². The Morgan fingerprint density at radius 3 is 2.60 bits per heavy atom. The van der Waals surface area contributed by atoms with Gasteiger partial charge in [-0.1, -0.05) is 0 Å². The maximum absolute atomic E-state index is 13.9. The molecule has 2 unspecified atom stereocenters. The molecule has 3 aromatic rings. The lowest BCUT2D eigenvalue weighted by Crippen LogP contribution is -2.47. The molecule has 0 aromatic carbocycles. The van der Waals surface area contributed by atoms with Gasteiger partial charge in [-0.25, -0.2) is 27.1 Å². The molecule has 1 saturated heterocycles. The van der Waals surface area contributed by atoms with E-state index in [0.717, 1.165) is 4.68 Å². The van der Waals surface area contributed by atoms with Crippen LogP contribution < -0.4 is 10.6 Å². The van der Waals surface area contributed by atoms with Crippen molar-refractivity contribution in [2.75, 3.05) is 6.54 Å². The summed E-state index contributed by atoms with van der Waals surface area (Å²) in [5.41, 5.74) is 0.811. The third kappa shape index (κ3) is 6.67. The topological polar surface area (TPSA) is 106 Å². The van der Waals surface area contributed by atoms with Crippen LogP contribution in [0.5, 0.6) is 0 Å². The smallest absolute Gasteiger partial charge is 0.355 e. The van der Waals surface area contributed by atoms with Crippen LogP contribution in [0.4, 0.5) is 30.7 Å². The zero-order chi connectivity index (χ0) is 30.2. The SMILES string of the molecule is O=C(NC(c1cn2nc(CC3C[C@@H](C(F)(F)F)CNC3=O)ccc2n1)C1CCC(F)(F)CC1)c1ccnn1CC(F)F. The third-order valence-electron chi connectivity index (χ3n) is 7.87. The van der Waals surface area contributed by atoms with Gasteiger partial charge in [0.05, 0.1) is 29.5 Å². The summed E-state index contributed by atoms with van der Waals surface area (Å²) in [7, 11) is 0. The first kappa shape index (κ1) is 29.8. The number of amides is 2. The van der Waals surface area contributed by atoms with Crippen molar-refractivity contribution < 1.29 is 40.3 Å². The standard InChI is InChI=1S/C26H28F7N7O2/c27-20(28)13-39-19(5-8-35-39)24(42)37-22(14-3-6-25(29,30)7-4-14)18-12-40-21(36-18)2-1-17(38-40)10-15-9-16(26(31,32)33)11-34-23(15)41/h1-2,5,8,12,14-16,20,22H,3-4,6-7,9-11,13H2,(H,34,41)(H,37,42)/t15?,16-,22?/m1/s1. The molecule has 3 aromatic heterocycles. The summed E-state index contributed by atoms with van der Waals surface area (Å²) in [6.07, 6.45) is -5.60. The van der Waals surface area contributed by atoms with Crippen LogP contribution in [-0.4, -0.2) is 61.3 Å². The van der Waals surface area contributed by atoms with Crippen LogP contribution in [0.25, 0.3) is 5.65 Å². The maximum Gasteiger partial charge on any atom is 0.393 e. The van der Waals surface area contributed by atoms with Gasteiger partial charge in [-0.3, -0.25) is 14.3 Å². The fourth-order valence-electron chi connectivity index (χ4n) is 5.62. The Morgan fingerprint density at radius 1 is 1.17 bits per heavy atom. The predicted octanol–water partition coefficient (Wildman–Crippen LogP) is 4.34. The van der Waals surface area contributed by atoms with Gasteiger partial charge in [-0.2, -0.15) is 23.4 Å². The summed E-state index contributed by atoms with van der Waals surface area (Å²) in [5, 5.41) is 13.2. The highest BCUT2D eigenvalue weighted by Gasteiger charge is 2.45. The minimum Gasteiger partial charge on any atom is -0.355 e. The second-order valence-electron chi connectivity index (χ2n) is 10.8. The van der Waals surface area contributed by atoms with E-state index < -0.39 is 80.1 Å². The molecule has 1 aliphatic carbocycles. The van der Waals surface area contributed by atoms with Crippen LogP contribution in [0.1, 0.15) is 60.0 Å². The summed E-state index contributed by atoms with van der Waals surface area (Å²) >= 11 is 0. The monoisotopic (exact) mass is 603 g/mol. The Balaban J connectivity index is 1.39. The molecule has 228 valence electrons. The first-order chi connectivity index (χ1) is 19.8. The summed E-state index contributed by atoms with van der Waals surface area (Å²) in [6.45, 7) is -1.28. The number of carbonyl (C=O) groups excluding carboxylic acids is 2. The lowest BCUT2D eigenvalue weighted by molar-refractivity contribution is -0.183. The Labute approximate surface area is 234 Å². The van der Waals surface area contributed by atoms with Crippen LogP contribution >= 0.6 is 0 Å². The van der Waals surface area contributed by atoms with Crippen LogP contribution in [0, 0.1) is 17.8 Å². The van der Waals surface area contributed by atoms with Crippen molar-refractivity contribution in [3.05, 3.63) is 47.7 Å². The van der Waals surface area contributed by atoms with Gasteiger partial charge in [-0.05, 0) is 43.4 Å². The van der Waals surface area contributed by atoms with E-state index in [1.54, 1.807) is 6.07 Å². The van der Waals surface area contributed by atoms with E-state index in [2.05, 4.69) is 25.8 Å². The minimum atomic E-state index is -4.44. The molecule has 1 aliphatic heterocycles. The van der Waals surface area contributed by atoms with Gasteiger partial charge in [-0.15, -0.1) is 0 Å². The van der Waals surface area contributed by atoms with E-state index >= 15 is 0 Å². The van der Waals surface area contributed by atoms with Gasteiger partial charge in [0.15, 0.2) is 5.65 Å². The number of carbonyl (C=O) groups is 2. The number of hydrogen-bond acceptors (Lipinski definition) is 5. The highest BCUT2D eigenvalue weighted by molar-refractivity contribution is 5.92. The van der Waals surface area contributed by atoms with Crippen LogP contribution in [0.3, 0.4) is 0 Å². The first-order valence-corrected chi connectivity index (χ1v) is 13.5. The second kappa shape index (κ2) is 11.5. The highest BCUT2D eigenvalue weighted by Crippen LogP contribution is 2.41. The molecule has 0 bridgehead atoms. The second-order valence-corrected chi connectivity index (χ2v) is 10.8. The number of hydrogen-bond donors (Lipinski definition) is 2. The minimum absolute atomic E-state index is 0.0478. The van der Waals surface area contributed by atoms with E-state index in [0.29, 0.717) is 11.3 Å². The summed E-state index contributed by atoms with van der Waals surface area (Å²) in [6, 6.07) is 3.49. The normalized spacial score (nSPS) is 22.3. The number of nitrogens with one attached hydrogen (secondary N) is 2. The molecular formula is C26H28F7N7O2. The summed E-state index contributed by atoms with van der Waals surface area (Å²) < 4.78 is 95.7. The third-order valence-corrected chi connectivity index (χ3v) is 7.87. The van der Waals surface area contributed by atoms with Crippen LogP contribution in [0.2, 0.25) is 0 Å². The van der Waals surface area contributed by atoms with Gasteiger partial charge < -0.3 is 10.6 Å². The van der Waals surface area contributed by atoms with Crippen molar-refractivity contribution >= 4 is 17.5 Å². The molecular weight excluding hydrogens is 575 g/mol. The Bertz CT molecular complexity index is 1430. The molecule has 4 heterocycles. The number of halogens is 7. The van der Waals surface area contributed by atoms with E-state index in [4.69, 9.17) is 0 Å². The van der Waals surface area contributed by atoms with E-state index in [1.807, 2.05) is 0 Å². The van der Waals surface area contributed by atoms with Crippen molar-refractivity contribution in [3.8, 4) is 0 Å². The summed E-state index contributed by atoms with van der Waals surface area (Å²) in [5.74, 6) is -7.11. The fraction of sp³-hybridized carbons (Fsp3) is 0.577. The molecule has 2 fully saturated rings. The van der Waals surface area contributed by atoms with Gasteiger partial charge in [0.25, 0.3) is 12.3 Å². The molecule has 9 nitrogen and oxygen atoms in total. The molecule has 16 heteroatoms. The predicted molar refractivity (Wildman–Crippen MR) is 133 cm³/mol. The first-order valence-electron chi connectivity index (χ1n) is 13.5. The van der Waals surface area contributed by atoms with Crippen molar-refractivity contribution in [1.29, 1.82) is 0 Å². The molecule has 42 heavy (non-hydrogen) atoms. The number of aromatic nitrogens is 5. The van der Waals surface area contributed by atoms with Crippen molar-refractivity contribution in [2.24, 2.45) is 17.8 Å². The molecule has 0 spiro atoms. The van der Waals surface area contributed by atoms with Crippen molar-refractivity contribution in [1.82, 2.24) is 35.0 Å². The lowest BCUT2D eigenvalue weighted by Gasteiger charge is -2.33. The van der Waals surface area contributed by atoms with Crippen LogP contribution in [0.15, 0.2) is 30.6 Å². The lowest BCUT2D eigenvalue weighted by atomic mass is 9.81. The molecule has 2 amide bonds. The Kier molecular flexibility index (Phi) is 8.16. The maximum atomic E-state index is 13.9. The quantitative estimate of drug-likeness (QED) is 0.373. The fourth-order valence-corrected chi connectivity index (χ4v) is 5.62. The molecule has 3 atom stereocenters. The van der Waals surface area contributed by atoms with Gasteiger partial charge >= 0.3 is 6.18 Å². The van der Waals surface area contributed by atoms with Gasteiger partial charge in [0.2, 0.25) is 11.8 Å². The largest absolute Gasteiger partial charge is 0.393 e. The number of fused-ring (bicyclic) bond motifs is 1. The molecule has 1 saturated carbocycles. The van der Waals surface area contributed by atoms with Crippen molar-refractivity contribution in [3.63, 3.8) is 0 Å². The molecule has 2 N–H and O–H groups in total. The van der Waals surface area contributed by atoms with E-state index in [-0.39, 0.29) is 37.1 Å². The number of alkyl halides is 7. The van der Waals surface area contributed by atoms with Crippen molar-refractivity contribution in [2.45, 2.75) is 69.6 Å². The number of rotatable bonds is 8. The average molecular weight is 604 g/mol.